The molecule has 2 atom stereocenters. The van der Waals surface area contributed by atoms with Gasteiger partial charge in [-0.3, -0.25) is 9.59 Å². The molecule has 5 nitrogen and oxygen atoms in total. The fourth-order valence-electron chi connectivity index (χ4n) is 2.22. The molecule has 2 unspecified atom stereocenters. The second-order valence-corrected chi connectivity index (χ2v) is 4.85. The first-order chi connectivity index (χ1) is 8.09. The molecule has 106 valence electrons. The van der Waals surface area contributed by atoms with Crippen molar-refractivity contribution in [1.82, 2.24) is 10.6 Å². The monoisotopic (exact) mass is 277 g/mol. The van der Waals surface area contributed by atoms with Crippen molar-refractivity contribution < 1.29 is 9.59 Å². The summed E-state index contributed by atoms with van der Waals surface area (Å²) in [6.45, 7) is 4.57. The molecule has 1 aliphatic rings. The van der Waals surface area contributed by atoms with Crippen LogP contribution >= 0.6 is 12.4 Å². The summed E-state index contributed by atoms with van der Waals surface area (Å²) in [5.41, 5.74) is 5.00. The highest BCUT2D eigenvalue weighted by molar-refractivity contribution is 5.85. The molecule has 1 aliphatic heterocycles. The van der Waals surface area contributed by atoms with E-state index >= 15 is 0 Å². The van der Waals surface area contributed by atoms with Crippen LogP contribution < -0.4 is 16.4 Å². The van der Waals surface area contributed by atoms with Crippen LogP contribution in [0.25, 0.3) is 0 Å². The van der Waals surface area contributed by atoms with Gasteiger partial charge in [0.15, 0.2) is 0 Å². The van der Waals surface area contributed by atoms with Gasteiger partial charge in [-0.05, 0) is 37.8 Å². The molecule has 0 aliphatic carbocycles. The average Bonchev–Trinajstić information content (AvgIpc) is 2.29. The van der Waals surface area contributed by atoms with Crippen molar-refractivity contribution in [3.8, 4) is 0 Å². The second kappa shape index (κ2) is 9.16. The van der Waals surface area contributed by atoms with Gasteiger partial charge in [0.1, 0.15) is 0 Å². The third-order valence-electron chi connectivity index (χ3n) is 3.34. The molecule has 0 bridgehead atoms. The zero-order valence-electron chi connectivity index (χ0n) is 10.9. The van der Waals surface area contributed by atoms with E-state index in [1.165, 1.54) is 12.8 Å². The number of carbonyl (C=O) groups excluding carboxylic acids is 2. The SMILES string of the molecule is CC(CC(=O)NCCC(N)=O)C1CCCNC1.Cl. The summed E-state index contributed by atoms with van der Waals surface area (Å²) in [4.78, 5) is 22.1. The predicted octanol–water partition coefficient (Wildman–Crippen LogP) is 0.426. The fraction of sp³-hybridized carbons (Fsp3) is 0.833. The van der Waals surface area contributed by atoms with E-state index in [1.807, 2.05) is 0 Å². The van der Waals surface area contributed by atoms with Gasteiger partial charge in [-0.25, -0.2) is 0 Å². The van der Waals surface area contributed by atoms with Crippen LogP contribution in [-0.4, -0.2) is 31.4 Å². The Morgan fingerprint density at radius 3 is 2.78 bits per heavy atom. The minimum absolute atomic E-state index is 0. The zero-order valence-corrected chi connectivity index (χ0v) is 11.7. The van der Waals surface area contributed by atoms with E-state index in [4.69, 9.17) is 5.73 Å². The number of carbonyl (C=O) groups is 2. The maximum absolute atomic E-state index is 11.6. The Bertz CT molecular complexity index is 268. The number of hydrogen-bond donors (Lipinski definition) is 3. The molecule has 1 rings (SSSR count). The topological polar surface area (TPSA) is 84.2 Å². The Morgan fingerprint density at radius 2 is 2.22 bits per heavy atom. The van der Waals surface area contributed by atoms with E-state index in [9.17, 15) is 9.59 Å². The Hall–Kier alpha value is -0.810. The summed E-state index contributed by atoms with van der Waals surface area (Å²) >= 11 is 0. The predicted molar refractivity (Wildman–Crippen MR) is 73.4 cm³/mol. The number of rotatable bonds is 6. The molecule has 1 heterocycles. The first-order valence-electron chi connectivity index (χ1n) is 6.35. The molecule has 0 aromatic heterocycles. The van der Waals surface area contributed by atoms with Gasteiger partial charge < -0.3 is 16.4 Å². The highest BCUT2D eigenvalue weighted by Gasteiger charge is 2.21. The Balaban J connectivity index is 0.00000289. The lowest BCUT2D eigenvalue weighted by Crippen LogP contribution is -2.36. The van der Waals surface area contributed by atoms with Gasteiger partial charge in [-0.15, -0.1) is 12.4 Å². The van der Waals surface area contributed by atoms with Crippen LogP contribution in [0.1, 0.15) is 32.6 Å². The van der Waals surface area contributed by atoms with E-state index < -0.39 is 0 Å². The van der Waals surface area contributed by atoms with Crippen LogP contribution in [0.4, 0.5) is 0 Å². The van der Waals surface area contributed by atoms with Gasteiger partial charge in [0.25, 0.3) is 0 Å². The Morgan fingerprint density at radius 1 is 1.50 bits per heavy atom. The summed E-state index contributed by atoms with van der Waals surface area (Å²) < 4.78 is 0. The van der Waals surface area contributed by atoms with Gasteiger partial charge in [0, 0.05) is 19.4 Å². The summed E-state index contributed by atoms with van der Waals surface area (Å²) in [6, 6.07) is 0. The van der Waals surface area contributed by atoms with Crippen molar-refractivity contribution in [2.45, 2.75) is 32.6 Å². The number of nitrogens with two attached hydrogens (primary N) is 1. The van der Waals surface area contributed by atoms with Crippen molar-refractivity contribution in [3.63, 3.8) is 0 Å². The maximum atomic E-state index is 11.6. The van der Waals surface area contributed by atoms with E-state index in [0.29, 0.717) is 24.8 Å². The maximum Gasteiger partial charge on any atom is 0.220 e. The number of halogens is 1. The average molecular weight is 278 g/mol. The molecule has 0 spiro atoms. The number of nitrogens with one attached hydrogen (secondary N) is 2. The third kappa shape index (κ3) is 6.81. The van der Waals surface area contributed by atoms with E-state index in [0.717, 1.165) is 13.1 Å². The van der Waals surface area contributed by atoms with Crippen LogP contribution in [0.5, 0.6) is 0 Å². The highest BCUT2D eigenvalue weighted by atomic mass is 35.5. The molecule has 18 heavy (non-hydrogen) atoms. The lowest BCUT2D eigenvalue weighted by Gasteiger charge is -2.27. The lowest BCUT2D eigenvalue weighted by molar-refractivity contribution is -0.122. The summed E-state index contributed by atoms with van der Waals surface area (Å²) in [7, 11) is 0. The quantitative estimate of drug-likeness (QED) is 0.658. The van der Waals surface area contributed by atoms with Gasteiger partial charge in [0.2, 0.25) is 11.8 Å². The number of amides is 2. The normalized spacial score (nSPS) is 20.6. The molecular formula is C12H24ClN3O2. The summed E-state index contributed by atoms with van der Waals surface area (Å²) in [5, 5.41) is 6.08. The van der Waals surface area contributed by atoms with Gasteiger partial charge in [-0.2, -0.15) is 0 Å². The summed E-state index contributed by atoms with van der Waals surface area (Å²) in [5.74, 6) is 0.612. The highest BCUT2D eigenvalue weighted by Crippen LogP contribution is 2.22. The molecule has 6 heteroatoms. The molecule has 0 aromatic rings. The standard InChI is InChI=1S/C12H23N3O2.ClH/c1-9(10-3-2-5-14-8-10)7-12(17)15-6-4-11(13)16;/h9-10,14H,2-8H2,1H3,(H2,13,16)(H,15,17);1H. The first-order valence-corrected chi connectivity index (χ1v) is 6.35. The number of piperidine rings is 1. The number of hydrogen-bond acceptors (Lipinski definition) is 3. The van der Waals surface area contributed by atoms with E-state index in [-0.39, 0.29) is 30.6 Å². The van der Waals surface area contributed by atoms with Crippen molar-refractivity contribution in [2.75, 3.05) is 19.6 Å². The molecule has 0 radical (unpaired) electrons. The van der Waals surface area contributed by atoms with Gasteiger partial charge in [-0.1, -0.05) is 6.92 Å². The van der Waals surface area contributed by atoms with Gasteiger partial charge >= 0.3 is 0 Å². The molecule has 0 aromatic carbocycles. The van der Waals surface area contributed by atoms with Crippen molar-refractivity contribution in [1.29, 1.82) is 0 Å². The second-order valence-electron chi connectivity index (χ2n) is 4.85. The Kier molecular flexibility index (Phi) is 8.75. The van der Waals surface area contributed by atoms with Gasteiger partial charge in [0.05, 0.1) is 0 Å². The first kappa shape index (κ1) is 17.2. The smallest absolute Gasteiger partial charge is 0.220 e. The largest absolute Gasteiger partial charge is 0.370 e. The van der Waals surface area contributed by atoms with E-state index in [1.54, 1.807) is 0 Å². The summed E-state index contributed by atoms with van der Waals surface area (Å²) in [6.07, 6.45) is 3.14. The van der Waals surface area contributed by atoms with Crippen LogP contribution in [-0.2, 0) is 9.59 Å². The molecule has 2 amide bonds. The molecule has 1 saturated heterocycles. The lowest BCUT2D eigenvalue weighted by atomic mass is 9.85. The molecular weight excluding hydrogens is 254 g/mol. The molecule has 0 saturated carbocycles. The van der Waals surface area contributed by atoms with Crippen molar-refractivity contribution in [2.24, 2.45) is 17.6 Å². The van der Waals surface area contributed by atoms with Crippen LogP contribution in [0.2, 0.25) is 0 Å². The van der Waals surface area contributed by atoms with Crippen LogP contribution in [0.3, 0.4) is 0 Å². The Labute approximate surface area is 115 Å². The van der Waals surface area contributed by atoms with E-state index in [2.05, 4.69) is 17.6 Å². The third-order valence-corrected chi connectivity index (χ3v) is 3.34. The minimum atomic E-state index is -0.380. The molecule has 1 fully saturated rings. The number of primary amides is 1. The zero-order chi connectivity index (χ0) is 12.7. The fourth-order valence-corrected chi connectivity index (χ4v) is 2.22. The molecule has 4 N–H and O–H groups in total. The minimum Gasteiger partial charge on any atom is -0.370 e. The van der Waals surface area contributed by atoms with Crippen molar-refractivity contribution in [3.05, 3.63) is 0 Å². The van der Waals surface area contributed by atoms with Crippen LogP contribution in [0, 0.1) is 11.8 Å². The van der Waals surface area contributed by atoms with Crippen LogP contribution in [0.15, 0.2) is 0 Å². The van der Waals surface area contributed by atoms with Crippen molar-refractivity contribution >= 4 is 24.2 Å².